The van der Waals surface area contributed by atoms with Gasteiger partial charge in [0.15, 0.2) is 5.69 Å². The maximum absolute atomic E-state index is 12.5. The van der Waals surface area contributed by atoms with Crippen LogP contribution in [0.1, 0.15) is 30.4 Å². The molecular formula is C11H16F3N5O. The van der Waals surface area contributed by atoms with Gasteiger partial charge < -0.3 is 10.2 Å². The SMILES string of the molecule is CC(C)N(CC(F)(F)F)C(=O)c1cn(C2CNC2)nn1. The predicted octanol–water partition coefficient (Wildman–Crippen LogP) is 0.835. The lowest BCUT2D eigenvalue weighted by Gasteiger charge is -2.27. The van der Waals surface area contributed by atoms with E-state index in [1.165, 1.54) is 24.7 Å². The summed E-state index contributed by atoms with van der Waals surface area (Å²) < 4.78 is 39.0. The van der Waals surface area contributed by atoms with E-state index in [0.29, 0.717) is 13.1 Å². The van der Waals surface area contributed by atoms with Crippen LogP contribution in [0.3, 0.4) is 0 Å². The Morgan fingerprint density at radius 2 is 2.20 bits per heavy atom. The van der Waals surface area contributed by atoms with E-state index in [9.17, 15) is 18.0 Å². The van der Waals surface area contributed by atoms with Gasteiger partial charge in [0.05, 0.1) is 12.2 Å². The number of hydrogen-bond acceptors (Lipinski definition) is 4. The van der Waals surface area contributed by atoms with Crippen molar-refractivity contribution in [3.05, 3.63) is 11.9 Å². The van der Waals surface area contributed by atoms with Crippen molar-refractivity contribution < 1.29 is 18.0 Å². The number of rotatable bonds is 4. The fourth-order valence-corrected chi connectivity index (χ4v) is 1.84. The first-order valence-electron chi connectivity index (χ1n) is 6.28. The predicted molar refractivity (Wildman–Crippen MR) is 64.2 cm³/mol. The van der Waals surface area contributed by atoms with Crippen LogP contribution < -0.4 is 5.32 Å². The normalized spacial score (nSPS) is 16.3. The van der Waals surface area contributed by atoms with E-state index in [1.807, 2.05) is 0 Å². The second-order valence-corrected chi connectivity index (χ2v) is 5.04. The van der Waals surface area contributed by atoms with Crippen molar-refractivity contribution in [3.8, 4) is 0 Å². The quantitative estimate of drug-likeness (QED) is 0.892. The third-order valence-electron chi connectivity index (χ3n) is 3.10. The molecule has 0 aliphatic carbocycles. The Morgan fingerprint density at radius 1 is 1.55 bits per heavy atom. The Kier molecular flexibility index (Phi) is 3.98. The monoisotopic (exact) mass is 291 g/mol. The maximum atomic E-state index is 12.5. The Balaban J connectivity index is 2.12. The zero-order valence-corrected chi connectivity index (χ0v) is 11.2. The lowest BCUT2D eigenvalue weighted by Crippen LogP contribution is -2.44. The molecule has 0 atom stereocenters. The smallest absolute Gasteiger partial charge is 0.326 e. The van der Waals surface area contributed by atoms with E-state index in [1.54, 1.807) is 0 Å². The van der Waals surface area contributed by atoms with Gasteiger partial charge in [0.2, 0.25) is 0 Å². The third kappa shape index (κ3) is 3.27. The molecule has 0 aromatic carbocycles. The van der Waals surface area contributed by atoms with Gasteiger partial charge in [-0.1, -0.05) is 5.21 Å². The van der Waals surface area contributed by atoms with Crippen LogP contribution in [-0.4, -0.2) is 57.7 Å². The summed E-state index contributed by atoms with van der Waals surface area (Å²) in [4.78, 5) is 12.8. The fourth-order valence-electron chi connectivity index (χ4n) is 1.84. The molecule has 1 amide bonds. The van der Waals surface area contributed by atoms with E-state index in [2.05, 4.69) is 15.6 Å². The van der Waals surface area contributed by atoms with Crippen LogP contribution in [0.2, 0.25) is 0 Å². The van der Waals surface area contributed by atoms with Crippen molar-refractivity contribution >= 4 is 5.91 Å². The van der Waals surface area contributed by atoms with Crippen molar-refractivity contribution in [2.75, 3.05) is 19.6 Å². The van der Waals surface area contributed by atoms with Gasteiger partial charge in [-0.25, -0.2) is 4.68 Å². The summed E-state index contributed by atoms with van der Waals surface area (Å²) in [6, 6.07) is -0.459. The maximum Gasteiger partial charge on any atom is 0.406 e. The van der Waals surface area contributed by atoms with Crippen LogP contribution >= 0.6 is 0 Å². The Hall–Kier alpha value is -1.64. The van der Waals surface area contributed by atoms with E-state index in [4.69, 9.17) is 0 Å². The first-order valence-corrected chi connectivity index (χ1v) is 6.28. The highest BCUT2D eigenvalue weighted by Gasteiger charge is 2.35. The van der Waals surface area contributed by atoms with Gasteiger partial charge in [-0.05, 0) is 13.8 Å². The molecule has 2 heterocycles. The summed E-state index contributed by atoms with van der Waals surface area (Å²) in [6.07, 6.45) is -3.03. The molecule has 2 rings (SSSR count). The van der Waals surface area contributed by atoms with E-state index in [-0.39, 0.29) is 11.7 Å². The zero-order chi connectivity index (χ0) is 14.9. The molecule has 9 heteroatoms. The van der Waals surface area contributed by atoms with Gasteiger partial charge in [0.1, 0.15) is 6.54 Å². The first-order chi connectivity index (χ1) is 9.28. The third-order valence-corrected chi connectivity index (χ3v) is 3.10. The Morgan fingerprint density at radius 3 is 2.65 bits per heavy atom. The molecule has 6 nitrogen and oxygen atoms in total. The molecule has 0 unspecified atom stereocenters. The van der Waals surface area contributed by atoms with Crippen LogP contribution in [0.4, 0.5) is 13.2 Å². The van der Waals surface area contributed by atoms with Crippen molar-refractivity contribution in [1.82, 2.24) is 25.2 Å². The molecule has 1 saturated heterocycles. The van der Waals surface area contributed by atoms with Gasteiger partial charge in [-0.15, -0.1) is 5.10 Å². The standard InChI is InChI=1S/C11H16F3N5O/c1-7(2)18(6-11(12,13)14)10(20)9-5-19(17-16-9)8-3-15-4-8/h5,7-8,15H,3-4,6H2,1-2H3. The molecule has 20 heavy (non-hydrogen) atoms. The van der Waals surface area contributed by atoms with Gasteiger partial charge in [-0.3, -0.25) is 4.79 Å². The highest BCUT2D eigenvalue weighted by molar-refractivity contribution is 5.92. The van der Waals surface area contributed by atoms with Gasteiger partial charge >= 0.3 is 6.18 Å². The summed E-state index contributed by atoms with van der Waals surface area (Å²) in [7, 11) is 0. The number of aromatic nitrogens is 3. The average molecular weight is 291 g/mol. The Labute approximate surface area is 113 Å². The van der Waals surface area contributed by atoms with Gasteiger partial charge in [0, 0.05) is 19.1 Å². The number of carbonyl (C=O) groups is 1. The van der Waals surface area contributed by atoms with Crippen molar-refractivity contribution in [3.63, 3.8) is 0 Å². The van der Waals surface area contributed by atoms with Crippen LogP contribution in [0.25, 0.3) is 0 Å². The molecule has 112 valence electrons. The zero-order valence-electron chi connectivity index (χ0n) is 11.2. The number of halogens is 3. The molecule has 0 bridgehead atoms. The van der Waals surface area contributed by atoms with E-state index < -0.39 is 24.7 Å². The summed E-state index contributed by atoms with van der Waals surface area (Å²) in [6.45, 7) is 3.20. The second-order valence-electron chi connectivity index (χ2n) is 5.04. The minimum absolute atomic E-state index is 0.0603. The van der Waals surface area contributed by atoms with Crippen molar-refractivity contribution in [1.29, 1.82) is 0 Å². The van der Waals surface area contributed by atoms with Crippen LogP contribution in [0.5, 0.6) is 0 Å². The molecule has 0 saturated carbocycles. The number of carbonyl (C=O) groups excluding carboxylic acids is 1. The van der Waals surface area contributed by atoms with Gasteiger partial charge in [0.25, 0.3) is 5.91 Å². The van der Waals surface area contributed by atoms with E-state index in [0.717, 1.165) is 4.90 Å². The molecule has 1 aromatic heterocycles. The minimum Gasteiger partial charge on any atom is -0.326 e. The molecule has 1 fully saturated rings. The van der Waals surface area contributed by atoms with Gasteiger partial charge in [-0.2, -0.15) is 13.2 Å². The second kappa shape index (κ2) is 5.39. The van der Waals surface area contributed by atoms with Crippen LogP contribution in [0.15, 0.2) is 6.20 Å². The average Bonchev–Trinajstić information content (AvgIpc) is 2.70. The van der Waals surface area contributed by atoms with Crippen LogP contribution in [-0.2, 0) is 0 Å². The highest BCUT2D eigenvalue weighted by atomic mass is 19.4. The minimum atomic E-state index is -4.44. The van der Waals surface area contributed by atoms with Crippen molar-refractivity contribution in [2.45, 2.75) is 32.1 Å². The summed E-state index contributed by atoms with van der Waals surface area (Å²) >= 11 is 0. The molecular weight excluding hydrogens is 275 g/mol. The Bertz CT molecular complexity index is 481. The number of alkyl halides is 3. The lowest BCUT2D eigenvalue weighted by atomic mass is 10.2. The molecule has 1 N–H and O–H groups in total. The highest BCUT2D eigenvalue weighted by Crippen LogP contribution is 2.20. The summed E-state index contributed by atoms with van der Waals surface area (Å²) in [5, 5.41) is 10.5. The van der Waals surface area contributed by atoms with Crippen LogP contribution in [0, 0.1) is 0 Å². The molecule has 0 radical (unpaired) electrons. The number of hydrogen-bond donors (Lipinski definition) is 1. The fraction of sp³-hybridized carbons (Fsp3) is 0.727. The molecule has 1 aliphatic heterocycles. The molecule has 1 aromatic rings. The lowest BCUT2D eigenvalue weighted by molar-refractivity contribution is -0.143. The largest absolute Gasteiger partial charge is 0.406 e. The number of amides is 1. The summed E-state index contributed by atoms with van der Waals surface area (Å²) in [5.74, 6) is -0.754. The number of nitrogens with zero attached hydrogens (tertiary/aromatic N) is 4. The molecule has 1 aliphatic rings. The van der Waals surface area contributed by atoms with E-state index >= 15 is 0 Å². The summed E-state index contributed by atoms with van der Waals surface area (Å²) in [5.41, 5.74) is -0.0603. The number of nitrogens with one attached hydrogen (secondary N) is 1. The topological polar surface area (TPSA) is 63.1 Å². The first kappa shape index (κ1) is 14.8. The molecule has 0 spiro atoms. The van der Waals surface area contributed by atoms with Crippen molar-refractivity contribution in [2.24, 2.45) is 0 Å².